The van der Waals surface area contributed by atoms with Crippen molar-refractivity contribution in [2.45, 2.75) is 13.5 Å². The first-order chi connectivity index (χ1) is 9.99. The number of nitrogens with zero attached hydrogens (tertiary/aromatic N) is 1. The van der Waals surface area contributed by atoms with Crippen LogP contribution in [0.1, 0.15) is 22.8 Å². The van der Waals surface area contributed by atoms with Gasteiger partial charge in [0.05, 0.1) is 4.92 Å². The largest absolute Gasteiger partial charge is 0.482 e. The lowest BCUT2D eigenvalue weighted by Crippen LogP contribution is -2.02. The summed E-state index contributed by atoms with van der Waals surface area (Å²) in [5.41, 5.74) is 0.937. The van der Waals surface area contributed by atoms with Crippen LogP contribution in [0, 0.1) is 10.1 Å². The molecule has 0 fully saturated rings. The van der Waals surface area contributed by atoms with Crippen LogP contribution >= 0.6 is 15.9 Å². The number of Topliss-reactive ketones (excluding diaryl/α,β-unsaturated/α-hetero) is 1. The first-order valence-electron chi connectivity index (χ1n) is 6.14. The Labute approximate surface area is 129 Å². The molecule has 5 nitrogen and oxygen atoms in total. The summed E-state index contributed by atoms with van der Waals surface area (Å²) in [6, 6.07) is 12.0. The van der Waals surface area contributed by atoms with E-state index in [0.29, 0.717) is 4.47 Å². The van der Waals surface area contributed by atoms with Crippen LogP contribution < -0.4 is 4.74 Å². The number of ketones is 1. The van der Waals surface area contributed by atoms with Gasteiger partial charge in [-0.15, -0.1) is 0 Å². The van der Waals surface area contributed by atoms with Gasteiger partial charge in [0.1, 0.15) is 6.61 Å². The van der Waals surface area contributed by atoms with Crippen LogP contribution in [0.4, 0.5) is 5.69 Å². The van der Waals surface area contributed by atoms with Crippen LogP contribution in [0.25, 0.3) is 0 Å². The van der Waals surface area contributed by atoms with Crippen molar-refractivity contribution >= 4 is 27.4 Å². The lowest BCUT2D eigenvalue weighted by Gasteiger charge is -2.09. The molecule has 0 aliphatic heterocycles. The van der Waals surface area contributed by atoms with E-state index < -0.39 is 4.92 Å². The van der Waals surface area contributed by atoms with E-state index in [1.807, 2.05) is 30.3 Å². The number of benzene rings is 2. The Morgan fingerprint density at radius 3 is 2.52 bits per heavy atom. The zero-order valence-corrected chi connectivity index (χ0v) is 12.8. The molecule has 2 rings (SSSR count). The maximum Gasteiger partial charge on any atom is 0.311 e. The number of hydrogen-bond donors (Lipinski definition) is 0. The minimum atomic E-state index is -0.556. The molecule has 0 aliphatic rings. The number of hydrogen-bond acceptors (Lipinski definition) is 4. The van der Waals surface area contributed by atoms with Crippen molar-refractivity contribution in [3.8, 4) is 5.75 Å². The van der Waals surface area contributed by atoms with E-state index in [9.17, 15) is 14.9 Å². The SMILES string of the molecule is CC(=O)c1cc([N+](=O)[O-])c(OCc2ccccc2)cc1Br. The molecule has 0 amide bonds. The number of nitro benzene ring substituents is 1. The van der Waals surface area contributed by atoms with Gasteiger partial charge in [-0.3, -0.25) is 14.9 Å². The number of rotatable bonds is 5. The van der Waals surface area contributed by atoms with Crippen molar-refractivity contribution in [2.75, 3.05) is 0 Å². The summed E-state index contributed by atoms with van der Waals surface area (Å²) < 4.78 is 5.99. The highest BCUT2D eigenvalue weighted by Crippen LogP contribution is 2.34. The molecule has 0 atom stereocenters. The second kappa shape index (κ2) is 6.49. The Balaban J connectivity index is 2.32. The highest BCUT2D eigenvalue weighted by Gasteiger charge is 2.20. The zero-order chi connectivity index (χ0) is 15.4. The fourth-order valence-corrected chi connectivity index (χ4v) is 2.41. The fourth-order valence-electron chi connectivity index (χ4n) is 1.81. The van der Waals surface area contributed by atoms with Crippen molar-refractivity contribution in [1.82, 2.24) is 0 Å². The van der Waals surface area contributed by atoms with E-state index in [-0.39, 0.29) is 29.4 Å². The lowest BCUT2D eigenvalue weighted by molar-refractivity contribution is -0.386. The average molecular weight is 350 g/mol. The molecule has 0 bridgehead atoms. The van der Waals surface area contributed by atoms with E-state index in [1.165, 1.54) is 19.1 Å². The second-order valence-electron chi connectivity index (χ2n) is 4.39. The molecular weight excluding hydrogens is 338 g/mol. The number of nitro groups is 1. The van der Waals surface area contributed by atoms with Crippen LogP contribution in [0.5, 0.6) is 5.75 Å². The maximum atomic E-state index is 11.4. The molecule has 2 aromatic carbocycles. The number of carbonyl (C=O) groups excluding carboxylic acids is 1. The van der Waals surface area contributed by atoms with Gasteiger partial charge in [0.2, 0.25) is 0 Å². The Morgan fingerprint density at radius 2 is 1.95 bits per heavy atom. The summed E-state index contributed by atoms with van der Waals surface area (Å²) in [5.74, 6) is -0.125. The highest BCUT2D eigenvalue weighted by atomic mass is 79.9. The maximum absolute atomic E-state index is 11.4. The molecular formula is C15H12BrNO4. The molecule has 2 aromatic rings. The van der Waals surface area contributed by atoms with Gasteiger partial charge in [0, 0.05) is 22.2 Å². The van der Waals surface area contributed by atoms with Gasteiger partial charge < -0.3 is 4.74 Å². The van der Waals surface area contributed by atoms with Crippen molar-refractivity contribution in [3.05, 3.63) is 68.2 Å². The van der Waals surface area contributed by atoms with E-state index in [0.717, 1.165) is 5.56 Å². The first kappa shape index (κ1) is 15.2. The molecule has 0 spiro atoms. The van der Waals surface area contributed by atoms with Crippen LogP contribution in [-0.2, 0) is 6.61 Å². The van der Waals surface area contributed by atoms with E-state index >= 15 is 0 Å². The number of ether oxygens (including phenoxy) is 1. The fraction of sp³-hybridized carbons (Fsp3) is 0.133. The molecule has 21 heavy (non-hydrogen) atoms. The zero-order valence-electron chi connectivity index (χ0n) is 11.2. The summed E-state index contributed by atoms with van der Waals surface area (Å²) in [5, 5.41) is 11.1. The summed E-state index contributed by atoms with van der Waals surface area (Å²) in [6.45, 7) is 1.57. The van der Waals surface area contributed by atoms with E-state index in [2.05, 4.69) is 15.9 Å². The Hall–Kier alpha value is -2.21. The molecule has 0 saturated carbocycles. The van der Waals surface area contributed by atoms with Crippen LogP contribution in [0.2, 0.25) is 0 Å². The topological polar surface area (TPSA) is 69.4 Å². The summed E-state index contributed by atoms with van der Waals surface area (Å²) in [6.07, 6.45) is 0. The van der Waals surface area contributed by atoms with Gasteiger partial charge in [-0.2, -0.15) is 0 Å². The van der Waals surface area contributed by atoms with Crippen LogP contribution in [0.3, 0.4) is 0 Å². The van der Waals surface area contributed by atoms with Crippen molar-refractivity contribution in [2.24, 2.45) is 0 Å². The molecule has 0 aliphatic carbocycles. The van der Waals surface area contributed by atoms with Crippen LogP contribution in [0.15, 0.2) is 46.9 Å². The molecule has 0 N–H and O–H groups in total. The van der Waals surface area contributed by atoms with Crippen molar-refractivity contribution < 1.29 is 14.5 Å². The number of carbonyl (C=O) groups is 1. The van der Waals surface area contributed by atoms with Gasteiger partial charge in [-0.1, -0.05) is 30.3 Å². The van der Waals surface area contributed by atoms with Gasteiger partial charge in [-0.05, 0) is 28.4 Å². The molecule has 0 unspecified atom stereocenters. The minimum absolute atomic E-state index is 0.126. The smallest absolute Gasteiger partial charge is 0.311 e. The molecule has 108 valence electrons. The Morgan fingerprint density at radius 1 is 1.29 bits per heavy atom. The molecule has 0 aromatic heterocycles. The highest BCUT2D eigenvalue weighted by molar-refractivity contribution is 9.10. The second-order valence-corrected chi connectivity index (χ2v) is 5.24. The van der Waals surface area contributed by atoms with E-state index in [1.54, 1.807) is 0 Å². The Kier molecular flexibility index (Phi) is 4.70. The molecule has 0 radical (unpaired) electrons. The summed E-state index contributed by atoms with van der Waals surface area (Å²) in [7, 11) is 0. The molecule has 6 heteroatoms. The normalized spacial score (nSPS) is 10.2. The van der Waals surface area contributed by atoms with Crippen molar-refractivity contribution in [3.63, 3.8) is 0 Å². The third-order valence-electron chi connectivity index (χ3n) is 2.86. The minimum Gasteiger partial charge on any atom is -0.482 e. The van der Waals surface area contributed by atoms with Crippen molar-refractivity contribution in [1.29, 1.82) is 0 Å². The summed E-state index contributed by atoms with van der Waals surface area (Å²) in [4.78, 5) is 22.0. The molecule has 0 saturated heterocycles. The quantitative estimate of drug-likeness (QED) is 0.462. The van der Waals surface area contributed by atoms with Gasteiger partial charge >= 0.3 is 5.69 Å². The summed E-state index contributed by atoms with van der Waals surface area (Å²) >= 11 is 3.23. The van der Waals surface area contributed by atoms with Gasteiger partial charge in [0.25, 0.3) is 0 Å². The third kappa shape index (κ3) is 3.66. The van der Waals surface area contributed by atoms with Gasteiger partial charge in [0.15, 0.2) is 11.5 Å². The van der Waals surface area contributed by atoms with Gasteiger partial charge in [-0.25, -0.2) is 0 Å². The predicted molar refractivity (Wildman–Crippen MR) is 81.6 cm³/mol. The third-order valence-corrected chi connectivity index (χ3v) is 3.52. The van der Waals surface area contributed by atoms with E-state index in [4.69, 9.17) is 4.74 Å². The monoisotopic (exact) mass is 349 g/mol. The average Bonchev–Trinajstić information content (AvgIpc) is 2.45. The lowest BCUT2D eigenvalue weighted by atomic mass is 10.1. The standard InChI is InChI=1S/C15H12BrNO4/c1-10(18)12-7-14(17(19)20)15(8-13(12)16)21-9-11-5-3-2-4-6-11/h2-8H,9H2,1H3. The Bertz CT molecular complexity index is 686. The van der Waals surface area contributed by atoms with Crippen LogP contribution in [-0.4, -0.2) is 10.7 Å². The molecule has 0 heterocycles. The first-order valence-corrected chi connectivity index (χ1v) is 6.94. The number of halogens is 1. The predicted octanol–water partition coefficient (Wildman–Crippen LogP) is 4.14.